The standard InChI is InChI=1S/C24H25IN2O4S/c1-4-31-19-8-12-22(23(14-19)32(29,30)20-9-5-16(2)6-10-20)26-15-24(28)27-21-11-7-18(25)13-17(21)3/h5-14,26H,4,15H2,1-3H3,(H,27,28). The average Bonchev–Trinajstić information content (AvgIpc) is 2.75. The highest BCUT2D eigenvalue weighted by molar-refractivity contribution is 14.1. The lowest BCUT2D eigenvalue weighted by Gasteiger charge is -2.15. The molecular formula is C24H25IN2O4S. The summed E-state index contributed by atoms with van der Waals surface area (Å²) in [5.41, 5.74) is 2.97. The molecule has 0 heterocycles. The summed E-state index contributed by atoms with van der Waals surface area (Å²) in [6.07, 6.45) is 0. The number of nitrogens with one attached hydrogen (secondary N) is 2. The molecule has 32 heavy (non-hydrogen) atoms. The van der Waals surface area contributed by atoms with E-state index in [0.29, 0.717) is 18.0 Å². The Morgan fingerprint density at radius 2 is 1.66 bits per heavy atom. The normalized spacial score (nSPS) is 11.1. The highest BCUT2D eigenvalue weighted by Crippen LogP contribution is 2.31. The topological polar surface area (TPSA) is 84.5 Å². The Morgan fingerprint density at radius 1 is 0.969 bits per heavy atom. The number of carbonyl (C=O) groups excluding carboxylic acids is 1. The molecule has 8 heteroatoms. The van der Waals surface area contributed by atoms with E-state index < -0.39 is 9.84 Å². The summed E-state index contributed by atoms with van der Waals surface area (Å²) in [5.74, 6) is 0.171. The number of aryl methyl sites for hydroxylation is 2. The lowest BCUT2D eigenvalue weighted by atomic mass is 10.2. The zero-order chi connectivity index (χ0) is 23.3. The molecule has 0 atom stereocenters. The highest BCUT2D eigenvalue weighted by atomic mass is 127. The van der Waals surface area contributed by atoms with Crippen LogP contribution in [-0.4, -0.2) is 27.5 Å². The first-order chi connectivity index (χ1) is 15.2. The lowest BCUT2D eigenvalue weighted by Crippen LogP contribution is -2.23. The maximum Gasteiger partial charge on any atom is 0.243 e. The maximum absolute atomic E-state index is 13.3. The molecule has 0 unspecified atom stereocenters. The molecule has 3 aromatic carbocycles. The largest absolute Gasteiger partial charge is 0.494 e. The summed E-state index contributed by atoms with van der Waals surface area (Å²) in [7, 11) is -3.82. The van der Waals surface area contributed by atoms with E-state index in [4.69, 9.17) is 4.74 Å². The number of benzene rings is 3. The van der Waals surface area contributed by atoms with E-state index in [1.165, 1.54) is 6.07 Å². The molecule has 0 aliphatic rings. The van der Waals surface area contributed by atoms with Gasteiger partial charge in [0.15, 0.2) is 0 Å². The van der Waals surface area contributed by atoms with Gasteiger partial charge in [-0.3, -0.25) is 4.79 Å². The van der Waals surface area contributed by atoms with Gasteiger partial charge in [0, 0.05) is 15.3 Å². The van der Waals surface area contributed by atoms with Crippen molar-refractivity contribution in [3.05, 3.63) is 75.4 Å². The molecule has 0 radical (unpaired) electrons. The molecule has 0 spiro atoms. The van der Waals surface area contributed by atoms with Gasteiger partial charge in [-0.15, -0.1) is 0 Å². The molecule has 6 nitrogen and oxygen atoms in total. The summed E-state index contributed by atoms with van der Waals surface area (Å²) in [4.78, 5) is 12.8. The van der Waals surface area contributed by atoms with E-state index in [1.54, 1.807) is 36.4 Å². The Labute approximate surface area is 202 Å². The van der Waals surface area contributed by atoms with Crippen molar-refractivity contribution in [3.63, 3.8) is 0 Å². The van der Waals surface area contributed by atoms with E-state index in [2.05, 4.69) is 33.2 Å². The van der Waals surface area contributed by atoms with Crippen LogP contribution in [0.1, 0.15) is 18.1 Å². The summed E-state index contributed by atoms with van der Waals surface area (Å²) in [5, 5.41) is 5.83. The number of halogens is 1. The van der Waals surface area contributed by atoms with Crippen LogP contribution < -0.4 is 15.4 Å². The number of hydrogen-bond acceptors (Lipinski definition) is 5. The Kier molecular flexibility index (Phi) is 7.78. The van der Waals surface area contributed by atoms with E-state index >= 15 is 0 Å². The number of amides is 1. The molecule has 168 valence electrons. The second-order valence-corrected chi connectivity index (χ2v) is 10.4. The van der Waals surface area contributed by atoms with Gasteiger partial charge < -0.3 is 15.4 Å². The highest BCUT2D eigenvalue weighted by Gasteiger charge is 2.23. The van der Waals surface area contributed by atoms with E-state index in [0.717, 1.165) is 20.4 Å². The van der Waals surface area contributed by atoms with Gasteiger partial charge in [-0.25, -0.2) is 8.42 Å². The predicted molar refractivity (Wildman–Crippen MR) is 135 cm³/mol. The number of sulfone groups is 1. The van der Waals surface area contributed by atoms with Gasteiger partial charge in [0.25, 0.3) is 0 Å². The molecule has 0 saturated heterocycles. The van der Waals surface area contributed by atoms with Gasteiger partial charge in [0.2, 0.25) is 15.7 Å². The minimum Gasteiger partial charge on any atom is -0.494 e. The SMILES string of the molecule is CCOc1ccc(NCC(=O)Nc2ccc(I)cc2C)c(S(=O)(=O)c2ccc(C)cc2)c1. The van der Waals surface area contributed by atoms with Crippen LogP contribution in [0.2, 0.25) is 0 Å². The Balaban J connectivity index is 1.86. The Bertz CT molecular complexity index is 1230. The quantitative estimate of drug-likeness (QED) is 0.368. The number of anilines is 2. The zero-order valence-electron chi connectivity index (χ0n) is 18.1. The van der Waals surface area contributed by atoms with E-state index in [-0.39, 0.29) is 22.2 Å². The van der Waals surface area contributed by atoms with Crippen LogP contribution in [0, 0.1) is 17.4 Å². The summed E-state index contributed by atoms with van der Waals surface area (Å²) >= 11 is 2.21. The molecule has 0 aliphatic heterocycles. The molecular weight excluding hydrogens is 539 g/mol. The number of carbonyl (C=O) groups is 1. The average molecular weight is 564 g/mol. The summed E-state index contributed by atoms with van der Waals surface area (Å²) in [6.45, 7) is 5.97. The van der Waals surface area contributed by atoms with Gasteiger partial charge >= 0.3 is 0 Å². The molecule has 0 saturated carbocycles. The monoisotopic (exact) mass is 564 g/mol. The number of rotatable bonds is 8. The van der Waals surface area contributed by atoms with Gasteiger partial charge in [-0.1, -0.05) is 17.7 Å². The number of ether oxygens (including phenoxy) is 1. The van der Waals surface area contributed by atoms with Crippen molar-refractivity contribution >= 4 is 49.7 Å². The fourth-order valence-corrected chi connectivity index (χ4v) is 5.21. The maximum atomic E-state index is 13.3. The zero-order valence-corrected chi connectivity index (χ0v) is 21.1. The third-order valence-corrected chi connectivity index (χ3v) is 7.27. The van der Waals surface area contributed by atoms with Crippen molar-refractivity contribution in [3.8, 4) is 5.75 Å². The lowest BCUT2D eigenvalue weighted by molar-refractivity contribution is -0.114. The molecule has 0 aliphatic carbocycles. The van der Waals surface area contributed by atoms with Crippen molar-refractivity contribution in [2.45, 2.75) is 30.6 Å². The second kappa shape index (κ2) is 10.4. The third-order valence-electron chi connectivity index (χ3n) is 4.79. The Hall–Kier alpha value is -2.59. The second-order valence-electron chi connectivity index (χ2n) is 7.27. The molecule has 0 aromatic heterocycles. The first kappa shape index (κ1) is 24.1. The molecule has 3 rings (SSSR count). The molecule has 0 fully saturated rings. The van der Waals surface area contributed by atoms with Crippen LogP contribution in [-0.2, 0) is 14.6 Å². The van der Waals surface area contributed by atoms with Crippen molar-refractivity contribution < 1.29 is 17.9 Å². The van der Waals surface area contributed by atoms with Crippen LogP contribution in [0.25, 0.3) is 0 Å². The van der Waals surface area contributed by atoms with Crippen LogP contribution in [0.5, 0.6) is 5.75 Å². The molecule has 0 bridgehead atoms. The van der Waals surface area contributed by atoms with E-state index in [1.807, 2.05) is 39.0 Å². The summed E-state index contributed by atoms with van der Waals surface area (Å²) in [6, 6.07) is 17.2. The fraction of sp³-hybridized carbons (Fsp3) is 0.208. The van der Waals surface area contributed by atoms with Gasteiger partial charge in [-0.05, 0) is 91.4 Å². The first-order valence-corrected chi connectivity index (χ1v) is 12.7. The minimum absolute atomic E-state index is 0.0607. The van der Waals surface area contributed by atoms with Crippen LogP contribution in [0.4, 0.5) is 11.4 Å². The molecule has 1 amide bonds. The first-order valence-electron chi connectivity index (χ1n) is 10.1. The van der Waals surface area contributed by atoms with Gasteiger partial charge in [0.05, 0.1) is 28.6 Å². The minimum atomic E-state index is -3.82. The smallest absolute Gasteiger partial charge is 0.243 e. The molecule has 2 N–H and O–H groups in total. The van der Waals surface area contributed by atoms with Crippen molar-refractivity contribution in [2.24, 2.45) is 0 Å². The fourth-order valence-electron chi connectivity index (χ4n) is 3.11. The van der Waals surface area contributed by atoms with Crippen molar-refractivity contribution in [1.29, 1.82) is 0 Å². The van der Waals surface area contributed by atoms with Gasteiger partial charge in [-0.2, -0.15) is 0 Å². The number of hydrogen-bond donors (Lipinski definition) is 2. The molecule has 3 aromatic rings. The van der Waals surface area contributed by atoms with Crippen molar-refractivity contribution in [1.82, 2.24) is 0 Å². The van der Waals surface area contributed by atoms with E-state index in [9.17, 15) is 13.2 Å². The third kappa shape index (κ3) is 5.80. The van der Waals surface area contributed by atoms with Gasteiger partial charge in [0.1, 0.15) is 5.75 Å². The van der Waals surface area contributed by atoms with Crippen molar-refractivity contribution in [2.75, 3.05) is 23.8 Å². The van der Waals surface area contributed by atoms with Crippen LogP contribution in [0.3, 0.4) is 0 Å². The Morgan fingerprint density at radius 3 is 2.31 bits per heavy atom. The van der Waals surface area contributed by atoms with Crippen LogP contribution >= 0.6 is 22.6 Å². The predicted octanol–water partition coefficient (Wildman–Crippen LogP) is 5.19. The van der Waals surface area contributed by atoms with Crippen LogP contribution in [0.15, 0.2) is 70.5 Å². The summed E-state index contributed by atoms with van der Waals surface area (Å²) < 4.78 is 33.3.